The highest BCUT2D eigenvalue weighted by Gasteiger charge is 2.29. The number of nitrogens with one attached hydrogen (secondary N) is 1. The quantitative estimate of drug-likeness (QED) is 0.254. The van der Waals surface area contributed by atoms with Crippen LogP contribution in [0.4, 0.5) is 17.3 Å². The Morgan fingerprint density at radius 2 is 2.00 bits per heavy atom. The lowest BCUT2D eigenvalue weighted by atomic mass is 10.1. The molecular weight excluding hydrogens is 546 g/mol. The molecule has 43 heavy (non-hydrogen) atoms. The van der Waals surface area contributed by atoms with Crippen molar-refractivity contribution in [2.75, 3.05) is 41.7 Å². The third kappa shape index (κ3) is 5.84. The van der Waals surface area contributed by atoms with Crippen LogP contribution in [0.1, 0.15) is 29.7 Å². The van der Waals surface area contributed by atoms with Crippen LogP contribution in [0.3, 0.4) is 0 Å². The normalized spacial score (nSPS) is 14.8. The lowest BCUT2D eigenvalue weighted by molar-refractivity contribution is 0.0953. The van der Waals surface area contributed by atoms with E-state index in [1.54, 1.807) is 53.4 Å². The third-order valence-corrected chi connectivity index (χ3v) is 7.22. The second-order valence-electron chi connectivity index (χ2n) is 9.89. The number of hydrogen-bond donors (Lipinski definition) is 3. The summed E-state index contributed by atoms with van der Waals surface area (Å²) in [6.07, 6.45) is 5.92. The number of anilines is 3. The van der Waals surface area contributed by atoms with E-state index in [9.17, 15) is 9.90 Å². The zero-order valence-corrected chi connectivity index (χ0v) is 23.4. The molecule has 5 aromatic rings. The van der Waals surface area contributed by atoms with Gasteiger partial charge in [-0.15, -0.1) is 10.2 Å². The second kappa shape index (κ2) is 12.0. The van der Waals surface area contributed by atoms with Gasteiger partial charge in [0, 0.05) is 55.9 Å². The molecule has 13 nitrogen and oxygen atoms in total. The highest BCUT2D eigenvalue weighted by atomic mass is 16.3. The van der Waals surface area contributed by atoms with Crippen molar-refractivity contribution in [3.63, 3.8) is 0 Å². The van der Waals surface area contributed by atoms with E-state index in [4.69, 9.17) is 5.73 Å². The number of piperazine rings is 1. The van der Waals surface area contributed by atoms with E-state index in [0.717, 1.165) is 17.9 Å². The van der Waals surface area contributed by atoms with Crippen molar-refractivity contribution in [1.29, 1.82) is 0 Å². The number of fused-ring (bicyclic) bond motifs is 1. The summed E-state index contributed by atoms with van der Waals surface area (Å²) in [5, 5.41) is 25.7. The standard InChI is InChI=1S/C30H29N11O2/c1-2-20-19-39(15-16-40(20)24-17-22(36-37-29(24)31)21-7-3-4-8-25(21)42)27-10-13-32-26(35-27)9-5-11-34-30(43)23-18-28-33-12-6-14-41(28)38-23/h3-4,6-8,10,12-14,17-18,20,42H,2,11,15-16,19H2,1H3,(H2,31,37)(H,34,43). The maximum atomic E-state index is 12.5. The largest absolute Gasteiger partial charge is 0.507 e. The summed E-state index contributed by atoms with van der Waals surface area (Å²) in [5.41, 5.74) is 9.09. The number of nitrogens with two attached hydrogens (primary N) is 1. The lowest BCUT2D eigenvalue weighted by Gasteiger charge is -2.43. The maximum Gasteiger partial charge on any atom is 0.272 e. The number of amides is 1. The van der Waals surface area contributed by atoms with Gasteiger partial charge in [0.1, 0.15) is 11.6 Å². The number of phenolic OH excluding ortho intramolecular Hbond substituents is 1. The molecule has 1 aliphatic heterocycles. The van der Waals surface area contributed by atoms with Crippen molar-refractivity contribution < 1.29 is 9.90 Å². The number of aromatic hydroxyl groups is 1. The molecule has 1 atom stereocenters. The Morgan fingerprint density at radius 3 is 2.84 bits per heavy atom. The van der Waals surface area contributed by atoms with Crippen molar-refractivity contribution in [3.8, 4) is 28.8 Å². The topological polar surface area (TPSA) is 164 Å². The molecule has 0 bridgehead atoms. The number of carbonyl (C=O) groups is 1. The molecule has 1 unspecified atom stereocenters. The molecule has 6 rings (SSSR count). The van der Waals surface area contributed by atoms with E-state index in [-0.39, 0.29) is 29.9 Å². The first-order chi connectivity index (χ1) is 21.0. The number of carbonyl (C=O) groups excluding carboxylic acids is 1. The number of hydrogen-bond acceptors (Lipinski definition) is 11. The van der Waals surface area contributed by atoms with Crippen LogP contribution >= 0.6 is 0 Å². The minimum atomic E-state index is -0.337. The monoisotopic (exact) mass is 575 g/mol. The van der Waals surface area contributed by atoms with Crippen molar-refractivity contribution >= 4 is 28.9 Å². The molecule has 4 aromatic heterocycles. The number of benzene rings is 1. The molecule has 1 aliphatic rings. The number of aromatic nitrogens is 7. The first-order valence-corrected chi connectivity index (χ1v) is 13.8. The molecular formula is C30H29N11O2. The first kappa shape index (κ1) is 27.4. The number of nitrogen functional groups attached to an aromatic ring is 1. The van der Waals surface area contributed by atoms with Crippen LogP contribution in [0.25, 0.3) is 16.9 Å². The summed E-state index contributed by atoms with van der Waals surface area (Å²) in [5.74, 6) is 7.14. The van der Waals surface area contributed by atoms with E-state index >= 15 is 0 Å². The van der Waals surface area contributed by atoms with E-state index < -0.39 is 0 Å². The average molecular weight is 576 g/mol. The maximum absolute atomic E-state index is 12.5. The summed E-state index contributed by atoms with van der Waals surface area (Å²) in [7, 11) is 0. The Labute approximate surface area is 247 Å². The predicted molar refractivity (Wildman–Crippen MR) is 161 cm³/mol. The molecule has 5 heterocycles. The van der Waals surface area contributed by atoms with Crippen LogP contribution in [0, 0.1) is 11.8 Å². The Morgan fingerprint density at radius 1 is 1.12 bits per heavy atom. The zero-order chi connectivity index (χ0) is 29.8. The van der Waals surface area contributed by atoms with Gasteiger partial charge in [0.25, 0.3) is 5.91 Å². The van der Waals surface area contributed by atoms with Crippen LogP contribution in [0.2, 0.25) is 0 Å². The van der Waals surface area contributed by atoms with E-state index in [1.807, 2.05) is 18.2 Å². The van der Waals surface area contributed by atoms with Gasteiger partial charge in [0.2, 0.25) is 5.82 Å². The highest BCUT2D eigenvalue weighted by Crippen LogP contribution is 2.33. The highest BCUT2D eigenvalue weighted by molar-refractivity contribution is 5.93. The smallest absolute Gasteiger partial charge is 0.272 e. The van der Waals surface area contributed by atoms with Gasteiger partial charge >= 0.3 is 0 Å². The fraction of sp³-hybridized carbons (Fsp3) is 0.233. The number of nitrogens with zero attached hydrogens (tertiary/aromatic N) is 9. The van der Waals surface area contributed by atoms with E-state index in [1.165, 1.54) is 0 Å². The summed E-state index contributed by atoms with van der Waals surface area (Å²) in [6, 6.07) is 14.3. The number of para-hydroxylation sites is 1. The molecule has 4 N–H and O–H groups in total. The van der Waals surface area contributed by atoms with Crippen LogP contribution in [0.15, 0.2) is 67.1 Å². The Bertz CT molecular complexity index is 1810. The minimum Gasteiger partial charge on any atom is -0.507 e. The Kier molecular flexibility index (Phi) is 7.64. The SMILES string of the molecule is CCC1CN(c2ccnc(C#CCNC(=O)c3cc4ncccn4n3)n2)CCN1c1cc(-c2ccccc2O)nnc1N. The van der Waals surface area contributed by atoms with Gasteiger partial charge in [0.15, 0.2) is 17.2 Å². The van der Waals surface area contributed by atoms with Crippen molar-refractivity contribution in [3.05, 3.63) is 78.6 Å². The zero-order valence-electron chi connectivity index (χ0n) is 23.4. The Hall–Kier alpha value is -5.77. The van der Waals surface area contributed by atoms with Crippen LogP contribution in [-0.2, 0) is 0 Å². The molecule has 0 radical (unpaired) electrons. The molecule has 0 aliphatic carbocycles. The van der Waals surface area contributed by atoms with Gasteiger partial charge in [0.05, 0.1) is 17.9 Å². The summed E-state index contributed by atoms with van der Waals surface area (Å²) in [6.45, 7) is 4.33. The molecule has 1 amide bonds. The van der Waals surface area contributed by atoms with Crippen molar-refractivity contribution in [2.45, 2.75) is 19.4 Å². The lowest BCUT2D eigenvalue weighted by Crippen LogP contribution is -2.53. The Balaban J connectivity index is 1.11. The van der Waals surface area contributed by atoms with E-state index in [2.05, 4.69) is 64.1 Å². The fourth-order valence-electron chi connectivity index (χ4n) is 5.04. The fourth-order valence-corrected chi connectivity index (χ4v) is 5.04. The van der Waals surface area contributed by atoms with Crippen molar-refractivity contribution in [1.82, 2.24) is 40.1 Å². The van der Waals surface area contributed by atoms with Gasteiger partial charge in [-0.2, -0.15) is 5.10 Å². The predicted octanol–water partition coefficient (Wildman–Crippen LogP) is 2.15. The molecule has 0 saturated carbocycles. The molecule has 1 saturated heterocycles. The first-order valence-electron chi connectivity index (χ1n) is 13.8. The number of rotatable bonds is 6. The average Bonchev–Trinajstić information content (AvgIpc) is 3.48. The summed E-state index contributed by atoms with van der Waals surface area (Å²) < 4.78 is 1.54. The summed E-state index contributed by atoms with van der Waals surface area (Å²) in [4.78, 5) is 30.0. The third-order valence-electron chi connectivity index (χ3n) is 7.22. The van der Waals surface area contributed by atoms with Gasteiger partial charge in [-0.1, -0.05) is 25.0 Å². The molecule has 1 fully saturated rings. The van der Waals surface area contributed by atoms with Crippen LogP contribution < -0.4 is 20.9 Å². The number of phenols is 1. The van der Waals surface area contributed by atoms with Crippen LogP contribution in [0.5, 0.6) is 5.75 Å². The molecule has 13 heteroatoms. The minimum absolute atomic E-state index is 0.119. The van der Waals surface area contributed by atoms with Gasteiger partial charge < -0.3 is 26.0 Å². The molecule has 1 aromatic carbocycles. The van der Waals surface area contributed by atoms with E-state index in [0.29, 0.717) is 48.2 Å². The van der Waals surface area contributed by atoms with Crippen LogP contribution in [-0.4, -0.2) is 78.0 Å². The van der Waals surface area contributed by atoms with Crippen molar-refractivity contribution in [2.24, 2.45) is 0 Å². The van der Waals surface area contributed by atoms with Gasteiger partial charge in [-0.25, -0.2) is 19.5 Å². The van der Waals surface area contributed by atoms with Gasteiger partial charge in [-0.3, -0.25) is 4.79 Å². The molecule has 216 valence electrons. The second-order valence-corrected chi connectivity index (χ2v) is 9.89. The van der Waals surface area contributed by atoms with Gasteiger partial charge in [-0.05, 0) is 42.7 Å². The summed E-state index contributed by atoms with van der Waals surface area (Å²) >= 11 is 0. The molecule has 0 spiro atoms.